The summed E-state index contributed by atoms with van der Waals surface area (Å²) in [5, 5.41) is 3.02. The number of benzene rings is 1. The predicted octanol–water partition coefficient (Wildman–Crippen LogP) is 4.58. The number of aromatic nitrogens is 2. The van der Waals surface area contributed by atoms with Gasteiger partial charge in [0, 0.05) is 24.1 Å². The minimum absolute atomic E-state index is 0.0483. The largest absolute Gasteiger partial charge is 0.310 e. The number of hydrogen-bond donors (Lipinski definition) is 1. The van der Waals surface area contributed by atoms with Gasteiger partial charge in [0.2, 0.25) is 5.91 Å². The van der Waals surface area contributed by atoms with Crippen LogP contribution in [0.3, 0.4) is 0 Å². The lowest BCUT2D eigenvalue weighted by Gasteiger charge is -2.09. The van der Waals surface area contributed by atoms with Crippen molar-refractivity contribution in [3.05, 3.63) is 53.7 Å². The van der Waals surface area contributed by atoms with E-state index in [2.05, 4.69) is 5.32 Å². The van der Waals surface area contributed by atoms with Crippen molar-refractivity contribution in [2.45, 2.75) is 26.7 Å². The van der Waals surface area contributed by atoms with Crippen molar-refractivity contribution in [1.82, 2.24) is 9.38 Å². The summed E-state index contributed by atoms with van der Waals surface area (Å²) in [4.78, 5) is 17.0. The Morgan fingerprint density at radius 2 is 2.04 bits per heavy atom. The molecule has 24 heavy (non-hydrogen) atoms. The van der Waals surface area contributed by atoms with Gasteiger partial charge in [-0.15, -0.1) is 11.6 Å². The summed E-state index contributed by atoms with van der Waals surface area (Å²) in [6.07, 6.45) is 3.00. The first kappa shape index (κ1) is 16.5. The number of nitrogens with zero attached hydrogens (tertiary/aromatic N) is 2. The maximum Gasteiger partial charge on any atom is 0.225 e. The van der Waals surface area contributed by atoms with Gasteiger partial charge in [-0.2, -0.15) is 0 Å². The highest BCUT2D eigenvalue weighted by Crippen LogP contribution is 2.31. The molecule has 0 aliphatic heterocycles. The number of nitrogens with one attached hydrogen (secondary N) is 1. The van der Waals surface area contributed by atoms with Crippen LogP contribution in [-0.4, -0.2) is 21.2 Å². The Kier molecular flexibility index (Phi) is 4.86. The Morgan fingerprint density at radius 3 is 2.79 bits per heavy atom. The van der Waals surface area contributed by atoms with E-state index >= 15 is 0 Å². The summed E-state index contributed by atoms with van der Waals surface area (Å²) >= 11 is 5.69. The average molecular weight is 342 g/mol. The van der Waals surface area contributed by atoms with E-state index in [1.165, 1.54) is 0 Å². The van der Waals surface area contributed by atoms with Crippen molar-refractivity contribution in [2.24, 2.45) is 0 Å². The van der Waals surface area contributed by atoms with Gasteiger partial charge in [-0.1, -0.05) is 24.3 Å². The molecule has 0 unspecified atom stereocenters. The third-order valence-electron chi connectivity index (χ3n) is 3.98. The van der Waals surface area contributed by atoms with Crippen LogP contribution in [-0.2, 0) is 4.79 Å². The number of carbonyl (C=O) groups is 1. The lowest BCUT2D eigenvalue weighted by Crippen LogP contribution is -2.13. The Morgan fingerprint density at radius 1 is 1.25 bits per heavy atom. The summed E-state index contributed by atoms with van der Waals surface area (Å²) in [7, 11) is 0. The number of halogens is 1. The van der Waals surface area contributed by atoms with Crippen LogP contribution in [0.15, 0.2) is 42.6 Å². The second-order valence-corrected chi connectivity index (χ2v) is 6.27. The third-order valence-corrected chi connectivity index (χ3v) is 4.24. The Labute approximate surface area is 146 Å². The first-order chi connectivity index (χ1) is 11.6. The van der Waals surface area contributed by atoms with Gasteiger partial charge in [-0.3, -0.25) is 9.20 Å². The maximum absolute atomic E-state index is 12.2. The number of anilines is 1. The molecule has 0 fully saturated rings. The van der Waals surface area contributed by atoms with E-state index in [4.69, 9.17) is 16.6 Å². The molecular formula is C19H20ClN3O. The van der Waals surface area contributed by atoms with E-state index in [1.807, 2.05) is 60.8 Å². The molecule has 0 saturated carbocycles. The topological polar surface area (TPSA) is 46.4 Å². The second-order valence-electron chi connectivity index (χ2n) is 5.90. The van der Waals surface area contributed by atoms with Crippen molar-refractivity contribution < 1.29 is 4.79 Å². The molecule has 2 heterocycles. The van der Waals surface area contributed by atoms with Crippen LogP contribution in [0.5, 0.6) is 0 Å². The van der Waals surface area contributed by atoms with E-state index in [9.17, 15) is 4.79 Å². The summed E-state index contributed by atoms with van der Waals surface area (Å²) in [6, 6.07) is 12.1. The van der Waals surface area contributed by atoms with Gasteiger partial charge >= 0.3 is 0 Å². The maximum atomic E-state index is 12.2. The lowest BCUT2D eigenvalue weighted by atomic mass is 10.1. The van der Waals surface area contributed by atoms with Gasteiger partial charge in [-0.25, -0.2) is 4.98 Å². The Balaban J connectivity index is 2.12. The molecule has 124 valence electrons. The average Bonchev–Trinajstić information content (AvgIpc) is 2.90. The number of fused-ring (bicyclic) bond motifs is 1. The fraction of sp³-hybridized carbons (Fsp3) is 0.263. The highest BCUT2D eigenvalue weighted by atomic mass is 35.5. The molecule has 5 heteroatoms. The second kappa shape index (κ2) is 7.05. The molecule has 1 aromatic carbocycles. The van der Waals surface area contributed by atoms with Crippen LogP contribution in [0.2, 0.25) is 0 Å². The van der Waals surface area contributed by atoms with Crippen LogP contribution < -0.4 is 5.32 Å². The highest BCUT2D eigenvalue weighted by Gasteiger charge is 2.17. The molecule has 3 rings (SSSR count). The number of pyridine rings is 1. The van der Waals surface area contributed by atoms with Gasteiger partial charge in [0.25, 0.3) is 0 Å². The van der Waals surface area contributed by atoms with Crippen LogP contribution in [0.4, 0.5) is 5.82 Å². The van der Waals surface area contributed by atoms with Gasteiger partial charge in [0.15, 0.2) is 0 Å². The number of amides is 1. The molecule has 0 radical (unpaired) electrons. The van der Waals surface area contributed by atoms with Crippen LogP contribution in [0, 0.1) is 13.8 Å². The van der Waals surface area contributed by atoms with E-state index < -0.39 is 0 Å². The summed E-state index contributed by atoms with van der Waals surface area (Å²) in [6.45, 7) is 4.07. The summed E-state index contributed by atoms with van der Waals surface area (Å²) < 4.78 is 1.92. The third kappa shape index (κ3) is 3.29. The number of aryl methyl sites for hydroxylation is 2. The van der Waals surface area contributed by atoms with Crippen molar-refractivity contribution in [2.75, 3.05) is 11.2 Å². The zero-order chi connectivity index (χ0) is 17.1. The molecule has 0 spiro atoms. The highest BCUT2D eigenvalue weighted by molar-refractivity contribution is 6.18. The standard InChI is InChI=1S/C19H20ClN3O/c1-13-9-11-23-16(12-13)21-18(15-7-4-3-6-14(15)2)19(23)22-17(24)8-5-10-20/h3-4,6-7,9,11-12H,5,8,10H2,1-2H3,(H,22,24). The van der Waals surface area contributed by atoms with Crippen LogP contribution in [0.25, 0.3) is 16.9 Å². The minimum Gasteiger partial charge on any atom is -0.310 e. The van der Waals surface area contributed by atoms with Gasteiger partial charge < -0.3 is 5.32 Å². The fourth-order valence-corrected chi connectivity index (χ4v) is 2.85. The number of rotatable bonds is 5. The van der Waals surface area contributed by atoms with Crippen LogP contribution in [0.1, 0.15) is 24.0 Å². The number of alkyl halides is 1. The normalized spacial score (nSPS) is 11.0. The van der Waals surface area contributed by atoms with Gasteiger partial charge in [-0.05, 0) is 43.5 Å². The van der Waals surface area contributed by atoms with Gasteiger partial charge in [0.05, 0.1) is 0 Å². The molecule has 2 aromatic heterocycles. The quantitative estimate of drug-likeness (QED) is 0.691. The van der Waals surface area contributed by atoms with Crippen molar-refractivity contribution in [3.63, 3.8) is 0 Å². The van der Waals surface area contributed by atoms with Crippen LogP contribution >= 0.6 is 11.6 Å². The van der Waals surface area contributed by atoms with Gasteiger partial charge in [0.1, 0.15) is 17.2 Å². The molecule has 0 aliphatic rings. The minimum atomic E-state index is -0.0483. The molecule has 0 atom stereocenters. The SMILES string of the molecule is Cc1ccn2c(NC(=O)CCCCl)c(-c3ccccc3C)nc2c1. The molecule has 0 saturated heterocycles. The predicted molar refractivity (Wildman–Crippen MR) is 98.7 cm³/mol. The van der Waals surface area contributed by atoms with E-state index in [-0.39, 0.29) is 5.91 Å². The molecule has 3 aromatic rings. The number of hydrogen-bond acceptors (Lipinski definition) is 2. The first-order valence-electron chi connectivity index (χ1n) is 8.00. The van der Waals surface area contributed by atoms with E-state index in [1.54, 1.807) is 0 Å². The summed E-state index contributed by atoms with van der Waals surface area (Å²) in [5.74, 6) is 1.14. The number of carbonyl (C=O) groups excluding carboxylic acids is 1. The smallest absolute Gasteiger partial charge is 0.225 e. The number of imidazole rings is 1. The summed E-state index contributed by atoms with van der Waals surface area (Å²) in [5.41, 5.74) is 4.88. The fourth-order valence-electron chi connectivity index (χ4n) is 2.71. The molecular weight excluding hydrogens is 322 g/mol. The molecule has 0 aliphatic carbocycles. The zero-order valence-corrected chi connectivity index (χ0v) is 14.6. The molecule has 0 bridgehead atoms. The Bertz CT molecular complexity index is 885. The molecule has 1 amide bonds. The van der Waals surface area contributed by atoms with E-state index in [0.717, 1.165) is 28.0 Å². The molecule has 4 nitrogen and oxygen atoms in total. The lowest BCUT2D eigenvalue weighted by molar-refractivity contribution is -0.116. The van der Waals surface area contributed by atoms with E-state index in [0.29, 0.717) is 24.5 Å². The van der Waals surface area contributed by atoms with Crippen molar-refractivity contribution >= 4 is 29.0 Å². The zero-order valence-electron chi connectivity index (χ0n) is 13.8. The van der Waals surface area contributed by atoms with Crippen molar-refractivity contribution in [1.29, 1.82) is 0 Å². The van der Waals surface area contributed by atoms with Crippen molar-refractivity contribution in [3.8, 4) is 11.3 Å². The first-order valence-corrected chi connectivity index (χ1v) is 8.54. The Hall–Kier alpha value is -2.33. The monoisotopic (exact) mass is 341 g/mol. The molecule has 1 N–H and O–H groups in total.